The number of methoxy groups -OCH3 is 1. The molecule has 1 aromatic carbocycles. The van der Waals surface area contributed by atoms with E-state index in [0.717, 1.165) is 53.3 Å². The number of hydrogen-bond donors (Lipinski definition) is 2. The number of rotatable bonds is 17. The fourth-order valence-corrected chi connectivity index (χ4v) is 8.90. The molecule has 0 spiro atoms. The first-order valence-electron chi connectivity index (χ1n) is 19.9. The molecule has 334 valence electrons. The molecule has 23 heteroatoms. The third kappa shape index (κ3) is 10.8. The quantitative estimate of drug-likeness (QED) is 0.0688. The van der Waals surface area contributed by atoms with Crippen molar-refractivity contribution >= 4 is 85.7 Å². The molecule has 3 aliphatic heterocycles. The smallest absolute Gasteiger partial charge is 0.416 e. The van der Waals surface area contributed by atoms with Crippen LogP contribution >= 0.6 is 34.0 Å². The molecule has 2 saturated heterocycles. The van der Waals surface area contributed by atoms with Crippen LogP contribution in [0.25, 0.3) is 0 Å². The summed E-state index contributed by atoms with van der Waals surface area (Å²) in [5, 5.41) is 9.67. The van der Waals surface area contributed by atoms with E-state index in [2.05, 4.69) is 32.2 Å². The largest absolute Gasteiger partial charge is 0.493 e. The highest BCUT2D eigenvalue weighted by molar-refractivity contribution is 7.14. The summed E-state index contributed by atoms with van der Waals surface area (Å²) in [6.07, 6.45) is 3.27. The fourth-order valence-electron chi connectivity index (χ4n) is 6.88. The number of benzene rings is 1. The summed E-state index contributed by atoms with van der Waals surface area (Å²) in [6, 6.07) is 2.63. The van der Waals surface area contributed by atoms with Gasteiger partial charge >= 0.3 is 18.0 Å². The van der Waals surface area contributed by atoms with Gasteiger partial charge < -0.3 is 43.4 Å². The Morgan fingerprint density at radius 3 is 2.44 bits per heavy atom. The normalized spacial score (nSPS) is 18.1. The maximum absolute atomic E-state index is 14.1. The minimum Gasteiger partial charge on any atom is -0.493 e. The van der Waals surface area contributed by atoms with Gasteiger partial charge in [-0.2, -0.15) is 4.98 Å². The molecule has 2 fully saturated rings. The van der Waals surface area contributed by atoms with Gasteiger partial charge in [0.25, 0.3) is 17.0 Å². The molecule has 0 radical (unpaired) electrons. The summed E-state index contributed by atoms with van der Waals surface area (Å²) in [5.74, 6) is -2.31. The minimum atomic E-state index is -0.914. The Hall–Kier alpha value is -6.01. The first kappa shape index (κ1) is 45.0. The van der Waals surface area contributed by atoms with Crippen molar-refractivity contribution in [1.82, 2.24) is 19.9 Å². The van der Waals surface area contributed by atoms with Crippen LogP contribution < -0.4 is 29.7 Å². The number of anilines is 3. The Morgan fingerprint density at radius 2 is 1.68 bits per heavy atom. The summed E-state index contributed by atoms with van der Waals surface area (Å²) < 4.78 is 39.8. The number of esters is 2. The lowest BCUT2D eigenvalue weighted by molar-refractivity contribution is -0.195. The molecule has 6 heterocycles. The predicted molar refractivity (Wildman–Crippen MR) is 228 cm³/mol. The van der Waals surface area contributed by atoms with Crippen molar-refractivity contribution in [3.8, 4) is 16.7 Å². The van der Waals surface area contributed by atoms with Crippen LogP contribution in [0, 0.1) is 0 Å². The van der Waals surface area contributed by atoms with Crippen LogP contribution in [-0.4, -0.2) is 114 Å². The van der Waals surface area contributed by atoms with E-state index in [-0.39, 0.29) is 93.9 Å². The summed E-state index contributed by atoms with van der Waals surface area (Å²) >= 11 is 2.95. The number of fused-ring (bicyclic) bond motifs is 2. The van der Waals surface area contributed by atoms with Gasteiger partial charge in [0, 0.05) is 41.8 Å². The van der Waals surface area contributed by atoms with E-state index in [9.17, 15) is 28.8 Å². The van der Waals surface area contributed by atoms with E-state index in [4.69, 9.17) is 33.2 Å². The lowest BCUT2D eigenvalue weighted by atomic mass is 10.1. The number of nitrogens with one attached hydrogen (secondary N) is 2. The van der Waals surface area contributed by atoms with Crippen LogP contribution in [-0.2, 0) is 23.7 Å². The van der Waals surface area contributed by atoms with Gasteiger partial charge in [0.2, 0.25) is 5.91 Å². The monoisotopic (exact) mass is 925 g/mol. The molecule has 63 heavy (non-hydrogen) atoms. The highest BCUT2D eigenvalue weighted by Crippen LogP contribution is 2.43. The van der Waals surface area contributed by atoms with Gasteiger partial charge in [-0.15, -0.1) is 22.7 Å². The first-order chi connectivity index (χ1) is 30.6. The minimum absolute atomic E-state index is 0.00257. The number of carbonyl (C=O) groups is 6. The first-order valence-corrected chi connectivity index (χ1v) is 22.6. The van der Waals surface area contributed by atoms with Gasteiger partial charge in [-0.1, -0.05) is 24.0 Å². The Kier molecular flexibility index (Phi) is 14.9. The van der Waals surface area contributed by atoms with Gasteiger partial charge in [0.15, 0.2) is 45.7 Å². The Bertz CT molecular complexity index is 2340. The van der Waals surface area contributed by atoms with E-state index >= 15 is 0 Å². The molecule has 0 saturated carbocycles. The maximum Gasteiger partial charge on any atom is 0.416 e. The van der Waals surface area contributed by atoms with E-state index in [1.807, 2.05) is 0 Å². The summed E-state index contributed by atoms with van der Waals surface area (Å²) in [7, 11) is 1.44. The van der Waals surface area contributed by atoms with Crippen molar-refractivity contribution in [3.05, 3.63) is 63.6 Å². The van der Waals surface area contributed by atoms with Crippen LogP contribution in [0.3, 0.4) is 0 Å². The van der Waals surface area contributed by atoms with Crippen LogP contribution in [0.2, 0.25) is 0 Å². The van der Waals surface area contributed by atoms with E-state index in [1.165, 1.54) is 40.3 Å². The third-order valence-electron chi connectivity index (χ3n) is 9.74. The highest BCUT2D eigenvalue weighted by Gasteiger charge is 2.48. The molecule has 3 atom stereocenters. The van der Waals surface area contributed by atoms with Crippen LogP contribution in [0.5, 0.6) is 16.7 Å². The van der Waals surface area contributed by atoms with Crippen molar-refractivity contribution in [2.24, 2.45) is 0 Å². The number of thiazole rings is 3. The van der Waals surface area contributed by atoms with E-state index in [0.29, 0.717) is 26.0 Å². The Morgan fingerprint density at radius 1 is 0.921 bits per heavy atom. The lowest BCUT2D eigenvalue weighted by Gasteiger charge is -2.38. The molecule has 4 aromatic rings. The molecule has 0 bridgehead atoms. The van der Waals surface area contributed by atoms with Crippen LogP contribution in [0.15, 0.2) is 40.9 Å². The standard InChI is InChI=1S/C40H43N7O13S3/c1-4-14-58-40(53)47-27-18-29(28(54-3)17-22(27)33(50)46-13-8-10-26(46)34(47)59-31-12-6-7-15-57-31)56-16-9-11-30(48)44-37-41-23(19-61-37)32(49)45-38-42-25(20-62-38)36(52)60-39-43-24(21-63-39)35(51)55-5-2/h4,17-21,26,31,34H,1,5-16H2,2-3H3,(H,41,44,48)(H,42,45,49)/t26-,31?,34?/m0/s1. The van der Waals surface area contributed by atoms with Crippen LogP contribution in [0.1, 0.15) is 93.7 Å². The topological polar surface area (TPSA) is 236 Å². The zero-order valence-electron chi connectivity index (χ0n) is 34.2. The highest BCUT2D eigenvalue weighted by atomic mass is 32.1. The molecular formula is C40H43N7O13S3. The van der Waals surface area contributed by atoms with Crippen molar-refractivity contribution < 1.29 is 61.9 Å². The molecule has 7 rings (SSSR count). The van der Waals surface area contributed by atoms with E-state index < -0.39 is 48.4 Å². The van der Waals surface area contributed by atoms with Gasteiger partial charge in [0.05, 0.1) is 37.6 Å². The number of hydrogen-bond acceptors (Lipinski definition) is 19. The van der Waals surface area contributed by atoms with Crippen molar-refractivity contribution in [2.75, 3.05) is 55.6 Å². The molecule has 2 unspecified atom stereocenters. The number of aromatic nitrogens is 3. The molecule has 0 aliphatic carbocycles. The lowest BCUT2D eigenvalue weighted by Crippen LogP contribution is -2.54. The average Bonchev–Trinajstić information content (AvgIpc) is 4.12. The van der Waals surface area contributed by atoms with E-state index in [1.54, 1.807) is 17.9 Å². The second-order valence-corrected chi connectivity index (χ2v) is 16.5. The third-order valence-corrected chi connectivity index (χ3v) is 12.0. The SMILES string of the molecule is C=CCOC(=O)N1c2cc(OCCCC(=O)Nc3nc(C(=O)Nc4nc(C(=O)Oc5nc(C(=O)OCC)cs5)cs4)cs3)c(OC)cc2C(=O)N2CCC[C@H]2C1OC1CCCCO1. The zero-order chi connectivity index (χ0) is 44.5. The number of ether oxygens (including phenoxy) is 7. The number of amides is 4. The molecule has 20 nitrogen and oxygen atoms in total. The van der Waals surface area contributed by atoms with Gasteiger partial charge in [0.1, 0.15) is 12.3 Å². The Balaban J connectivity index is 0.947. The number of carbonyl (C=O) groups excluding carboxylic acids is 6. The van der Waals surface area contributed by atoms with Gasteiger partial charge in [-0.25, -0.2) is 29.3 Å². The average molecular weight is 926 g/mol. The van der Waals surface area contributed by atoms with Gasteiger partial charge in [-0.05, 0) is 51.5 Å². The molecule has 3 aromatic heterocycles. The van der Waals surface area contributed by atoms with Crippen molar-refractivity contribution in [3.63, 3.8) is 0 Å². The second-order valence-electron chi connectivity index (χ2n) is 13.9. The molecule has 2 N–H and O–H groups in total. The summed E-state index contributed by atoms with van der Waals surface area (Å²) in [4.78, 5) is 93.4. The zero-order valence-corrected chi connectivity index (χ0v) is 36.6. The maximum atomic E-state index is 14.1. The van der Waals surface area contributed by atoms with Crippen molar-refractivity contribution in [2.45, 2.75) is 70.4 Å². The second kappa shape index (κ2) is 20.9. The molecule has 4 amide bonds. The summed E-state index contributed by atoms with van der Waals surface area (Å²) in [6.45, 7) is 6.47. The predicted octanol–water partition coefficient (Wildman–Crippen LogP) is 6.13. The van der Waals surface area contributed by atoms with Gasteiger partial charge in [-0.3, -0.25) is 19.7 Å². The van der Waals surface area contributed by atoms with Crippen molar-refractivity contribution in [1.29, 1.82) is 0 Å². The molecular weight excluding hydrogens is 883 g/mol. The number of nitrogens with zero attached hydrogens (tertiary/aromatic N) is 5. The summed E-state index contributed by atoms with van der Waals surface area (Å²) in [5.41, 5.74) is 0.349. The Labute approximate surface area is 372 Å². The van der Waals surface area contributed by atoms with Crippen LogP contribution in [0.4, 0.5) is 20.7 Å². The molecule has 3 aliphatic rings. The fraction of sp³-hybridized carbons (Fsp3) is 0.425.